The number of rotatable bonds is 2. The fourth-order valence-electron chi connectivity index (χ4n) is 11.0. The third-order valence-electron chi connectivity index (χ3n) is 13.5. The molecule has 0 saturated heterocycles. The third kappa shape index (κ3) is 2.92. The molecule has 0 spiro atoms. The van der Waals surface area contributed by atoms with E-state index in [1.807, 2.05) is 0 Å². The van der Waals surface area contributed by atoms with E-state index in [1.165, 1.54) is 25.5 Å². The molecule has 34 heavy (non-hydrogen) atoms. The first-order valence-electron chi connectivity index (χ1n) is 14.2. The minimum atomic E-state index is -0.398. The Labute approximate surface area is 208 Å². The van der Waals surface area contributed by atoms with Crippen molar-refractivity contribution < 1.29 is 15.0 Å². The average Bonchev–Trinajstić information content (AvgIpc) is 2.77. The number of fused-ring (bicyclic) bond motifs is 7. The summed E-state index contributed by atoms with van der Waals surface area (Å²) < 4.78 is 0. The first kappa shape index (κ1) is 25.0. The summed E-state index contributed by atoms with van der Waals surface area (Å²) in [6.45, 7) is 17.1. The van der Waals surface area contributed by atoms with Crippen LogP contribution in [0.4, 0.5) is 0 Å². The SMILES string of the molecule is CC1(C)CC(C=O)[C@]2(C)CC[C@]3(C)C(=CC[C@@H]4[C@@]5(C)CC[C@H](O)[C@@](C)(CO)C5CC[C@]43C)[C@H]2C1. The maximum absolute atomic E-state index is 12.3. The second-order valence-electron chi connectivity index (χ2n) is 15.4. The smallest absolute Gasteiger partial charge is 0.123 e. The van der Waals surface area contributed by atoms with Crippen LogP contribution in [-0.4, -0.2) is 29.2 Å². The molecule has 3 heteroatoms. The van der Waals surface area contributed by atoms with Crippen LogP contribution in [0.3, 0.4) is 0 Å². The van der Waals surface area contributed by atoms with Crippen molar-refractivity contribution in [2.75, 3.05) is 6.61 Å². The summed E-state index contributed by atoms with van der Waals surface area (Å²) >= 11 is 0. The molecule has 0 aromatic heterocycles. The highest BCUT2D eigenvalue weighted by molar-refractivity contribution is 5.57. The Kier molecular flexibility index (Phi) is 5.47. The van der Waals surface area contributed by atoms with Gasteiger partial charge in [-0.25, -0.2) is 0 Å². The van der Waals surface area contributed by atoms with Gasteiger partial charge in [0.1, 0.15) is 6.29 Å². The molecule has 0 amide bonds. The van der Waals surface area contributed by atoms with Crippen molar-refractivity contribution in [1.29, 1.82) is 0 Å². The van der Waals surface area contributed by atoms with Crippen LogP contribution in [0.15, 0.2) is 11.6 Å². The summed E-state index contributed by atoms with van der Waals surface area (Å²) in [4.78, 5) is 12.3. The number of carbonyl (C=O) groups excluding carboxylic acids is 1. The molecule has 0 aliphatic heterocycles. The van der Waals surface area contributed by atoms with Crippen LogP contribution in [0, 0.1) is 56.2 Å². The van der Waals surface area contributed by atoms with Crippen LogP contribution in [0.25, 0.3) is 0 Å². The number of carbonyl (C=O) groups is 1. The Balaban J connectivity index is 1.59. The van der Waals surface area contributed by atoms with E-state index in [4.69, 9.17) is 0 Å². The van der Waals surface area contributed by atoms with Gasteiger partial charge in [0.05, 0.1) is 12.7 Å². The van der Waals surface area contributed by atoms with Crippen LogP contribution < -0.4 is 0 Å². The highest BCUT2D eigenvalue weighted by atomic mass is 16.3. The summed E-state index contributed by atoms with van der Waals surface area (Å²) in [7, 11) is 0. The second kappa shape index (κ2) is 7.44. The lowest BCUT2D eigenvalue weighted by atomic mass is 9.33. The number of allylic oxidation sites excluding steroid dienone is 2. The van der Waals surface area contributed by atoms with E-state index >= 15 is 0 Å². The van der Waals surface area contributed by atoms with Crippen LogP contribution in [0.5, 0.6) is 0 Å². The van der Waals surface area contributed by atoms with Gasteiger partial charge < -0.3 is 15.0 Å². The molecule has 5 aliphatic carbocycles. The maximum Gasteiger partial charge on any atom is 0.123 e. The van der Waals surface area contributed by atoms with E-state index in [1.54, 1.807) is 5.57 Å². The van der Waals surface area contributed by atoms with Crippen LogP contribution in [0.1, 0.15) is 106 Å². The third-order valence-corrected chi connectivity index (χ3v) is 13.5. The predicted octanol–water partition coefficient (Wildman–Crippen LogP) is 6.57. The highest BCUT2D eigenvalue weighted by Gasteiger charge is 2.69. The number of hydrogen-bond donors (Lipinski definition) is 2. The summed E-state index contributed by atoms with van der Waals surface area (Å²) in [6.07, 6.45) is 13.4. The Morgan fingerprint density at radius 2 is 1.62 bits per heavy atom. The van der Waals surface area contributed by atoms with E-state index in [2.05, 4.69) is 54.5 Å². The molecule has 0 aromatic rings. The summed E-state index contributed by atoms with van der Waals surface area (Å²) in [5.74, 6) is 1.61. The Morgan fingerprint density at radius 1 is 0.912 bits per heavy atom. The predicted molar refractivity (Wildman–Crippen MR) is 137 cm³/mol. The molecule has 4 fully saturated rings. The molecule has 192 valence electrons. The van der Waals surface area contributed by atoms with Crippen molar-refractivity contribution >= 4 is 6.29 Å². The van der Waals surface area contributed by atoms with Crippen LogP contribution in [0.2, 0.25) is 0 Å². The van der Waals surface area contributed by atoms with Gasteiger partial charge in [0.25, 0.3) is 0 Å². The molecular formula is C31H50O3. The van der Waals surface area contributed by atoms with Gasteiger partial charge in [-0.2, -0.15) is 0 Å². The van der Waals surface area contributed by atoms with Crippen molar-refractivity contribution in [3.05, 3.63) is 11.6 Å². The molecule has 5 aliphatic rings. The molecule has 0 bridgehead atoms. The Hall–Kier alpha value is -0.670. The number of aliphatic hydroxyl groups excluding tert-OH is 2. The molecule has 2 unspecified atom stereocenters. The Bertz CT molecular complexity index is 891. The molecule has 4 saturated carbocycles. The van der Waals surface area contributed by atoms with E-state index in [-0.39, 0.29) is 39.6 Å². The zero-order valence-corrected chi connectivity index (χ0v) is 22.9. The number of aliphatic hydroxyl groups is 2. The lowest BCUT2D eigenvalue weighted by molar-refractivity contribution is -0.216. The van der Waals surface area contributed by atoms with Crippen molar-refractivity contribution in [2.24, 2.45) is 56.2 Å². The quantitative estimate of drug-likeness (QED) is 0.355. The summed E-state index contributed by atoms with van der Waals surface area (Å²) in [6, 6.07) is 0. The van der Waals surface area contributed by atoms with Crippen molar-refractivity contribution in [1.82, 2.24) is 0 Å². The van der Waals surface area contributed by atoms with Gasteiger partial charge in [-0.15, -0.1) is 0 Å². The van der Waals surface area contributed by atoms with E-state index in [0.717, 1.165) is 38.5 Å². The van der Waals surface area contributed by atoms with E-state index in [0.29, 0.717) is 17.8 Å². The van der Waals surface area contributed by atoms with Gasteiger partial charge in [-0.05, 0) is 103 Å². The molecule has 0 radical (unpaired) electrons. The summed E-state index contributed by atoms with van der Waals surface area (Å²) in [5.41, 5.74) is 2.13. The fourth-order valence-corrected chi connectivity index (χ4v) is 11.0. The van der Waals surface area contributed by atoms with Gasteiger partial charge in [-0.3, -0.25) is 0 Å². The van der Waals surface area contributed by atoms with E-state index < -0.39 is 11.5 Å². The van der Waals surface area contributed by atoms with Crippen molar-refractivity contribution in [2.45, 2.75) is 112 Å². The number of aldehydes is 1. The van der Waals surface area contributed by atoms with Gasteiger partial charge in [0.2, 0.25) is 0 Å². The largest absolute Gasteiger partial charge is 0.396 e. The van der Waals surface area contributed by atoms with Crippen molar-refractivity contribution in [3.63, 3.8) is 0 Å². The van der Waals surface area contributed by atoms with Crippen LogP contribution >= 0.6 is 0 Å². The van der Waals surface area contributed by atoms with Gasteiger partial charge in [0.15, 0.2) is 0 Å². The normalized spacial score (nSPS) is 56.3. The zero-order chi connectivity index (χ0) is 24.9. The average molecular weight is 471 g/mol. The maximum atomic E-state index is 12.3. The molecule has 3 nitrogen and oxygen atoms in total. The lowest BCUT2D eigenvalue weighted by Crippen LogP contribution is -2.65. The first-order valence-corrected chi connectivity index (χ1v) is 14.2. The Morgan fingerprint density at radius 3 is 2.26 bits per heavy atom. The minimum Gasteiger partial charge on any atom is -0.396 e. The molecule has 5 rings (SSSR count). The van der Waals surface area contributed by atoms with Crippen molar-refractivity contribution in [3.8, 4) is 0 Å². The van der Waals surface area contributed by atoms with Gasteiger partial charge >= 0.3 is 0 Å². The molecular weight excluding hydrogens is 420 g/mol. The second-order valence-corrected chi connectivity index (χ2v) is 15.4. The fraction of sp³-hybridized carbons (Fsp3) is 0.903. The summed E-state index contributed by atoms with van der Waals surface area (Å²) in [5, 5.41) is 21.4. The monoisotopic (exact) mass is 470 g/mol. The van der Waals surface area contributed by atoms with Gasteiger partial charge in [0, 0.05) is 11.3 Å². The van der Waals surface area contributed by atoms with Gasteiger partial charge in [-0.1, -0.05) is 60.1 Å². The molecule has 0 aromatic carbocycles. The molecule has 2 N–H and O–H groups in total. The number of hydrogen-bond acceptors (Lipinski definition) is 3. The van der Waals surface area contributed by atoms with Crippen LogP contribution in [-0.2, 0) is 4.79 Å². The molecule has 0 heterocycles. The van der Waals surface area contributed by atoms with E-state index in [9.17, 15) is 15.0 Å². The first-order chi connectivity index (χ1) is 15.7. The zero-order valence-electron chi connectivity index (χ0n) is 22.9. The standard InChI is InChI=1S/C31H50O3/c1-26(2)16-20(18-32)27(3)14-15-30(6)21(22(27)17-26)8-9-24-28(4)12-11-25(34)29(5,19-33)23(28)10-13-31(24,30)7/h8,18,20,22-25,33-34H,9-17,19H2,1-7H3/t20?,22-,23?,24-,25+,27+,28+,29+,30-,31-/m1/s1. The highest BCUT2D eigenvalue weighted by Crippen LogP contribution is 2.76. The topological polar surface area (TPSA) is 57.5 Å². The lowest BCUT2D eigenvalue weighted by Gasteiger charge is -2.71. The molecule has 10 atom stereocenters. The minimum absolute atomic E-state index is 0.0822.